The lowest BCUT2D eigenvalue weighted by Gasteiger charge is -2.07. The van der Waals surface area contributed by atoms with Crippen LogP contribution >= 0.6 is 34.7 Å². The van der Waals surface area contributed by atoms with E-state index in [1.807, 2.05) is 12.1 Å². The molecule has 32 heavy (non-hydrogen) atoms. The third kappa shape index (κ3) is 5.13. The summed E-state index contributed by atoms with van der Waals surface area (Å²) >= 11 is 8.36. The number of carbonyl (C=O) groups excluding carboxylic acids is 1. The zero-order valence-electron chi connectivity index (χ0n) is 16.5. The molecular formula is C20H15ClN6O3S2. The summed E-state index contributed by atoms with van der Waals surface area (Å²) in [6, 6.07) is 13.4. The number of aromatic amines is 1. The standard InChI is InChI=1S/C20H15ClN6O3S2/c1-11(32-20-23-17(25-26-20)12-5-7-14(21)8-6-12)18(28)24-19-22-16(10-31-19)13-3-2-4-15(9-13)27(29)30/h2-11H,1H3,(H,22,24,28)(H,23,25,26). The van der Waals surface area contributed by atoms with E-state index in [0.29, 0.717) is 32.4 Å². The number of anilines is 1. The van der Waals surface area contributed by atoms with Gasteiger partial charge < -0.3 is 5.32 Å². The molecule has 0 bridgehead atoms. The van der Waals surface area contributed by atoms with Crippen molar-refractivity contribution < 1.29 is 9.72 Å². The van der Waals surface area contributed by atoms with Crippen molar-refractivity contribution in [3.8, 4) is 22.6 Å². The summed E-state index contributed by atoms with van der Waals surface area (Å²) in [5, 5.41) is 23.5. The molecule has 12 heteroatoms. The third-order valence-electron chi connectivity index (χ3n) is 4.32. The third-order valence-corrected chi connectivity index (χ3v) is 6.29. The fraction of sp³-hybridized carbons (Fsp3) is 0.100. The smallest absolute Gasteiger partial charge is 0.270 e. The van der Waals surface area contributed by atoms with Gasteiger partial charge in [-0.2, -0.15) is 0 Å². The van der Waals surface area contributed by atoms with Crippen molar-refractivity contribution in [2.24, 2.45) is 0 Å². The van der Waals surface area contributed by atoms with Gasteiger partial charge in [0.2, 0.25) is 11.1 Å². The lowest BCUT2D eigenvalue weighted by molar-refractivity contribution is -0.384. The molecular weight excluding hydrogens is 472 g/mol. The Hall–Kier alpha value is -3.28. The number of amides is 1. The average Bonchev–Trinajstić information content (AvgIpc) is 3.44. The van der Waals surface area contributed by atoms with Gasteiger partial charge in [-0.05, 0) is 31.2 Å². The summed E-state index contributed by atoms with van der Waals surface area (Å²) in [5.41, 5.74) is 1.97. The van der Waals surface area contributed by atoms with E-state index in [0.717, 1.165) is 5.56 Å². The number of nitrogens with one attached hydrogen (secondary N) is 2. The second kappa shape index (κ2) is 9.47. The topological polar surface area (TPSA) is 127 Å². The fourth-order valence-corrected chi connectivity index (χ4v) is 4.27. The van der Waals surface area contributed by atoms with E-state index >= 15 is 0 Å². The van der Waals surface area contributed by atoms with E-state index in [4.69, 9.17) is 11.6 Å². The summed E-state index contributed by atoms with van der Waals surface area (Å²) in [5.74, 6) is 0.325. The monoisotopic (exact) mass is 486 g/mol. The Balaban J connectivity index is 1.39. The Bertz CT molecular complexity index is 1270. The van der Waals surface area contributed by atoms with Gasteiger partial charge in [0.25, 0.3) is 5.69 Å². The van der Waals surface area contributed by atoms with Crippen LogP contribution in [0.2, 0.25) is 5.02 Å². The van der Waals surface area contributed by atoms with E-state index in [1.54, 1.807) is 36.6 Å². The predicted octanol–water partition coefficient (Wildman–Crippen LogP) is 5.28. The number of hydrogen-bond acceptors (Lipinski definition) is 8. The lowest BCUT2D eigenvalue weighted by Crippen LogP contribution is -2.22. The first-order valence-electron chi connectivity index (χ1n) is 9.25. The Morgan fingerprint density at radius 2 is 2.00 bits per heavy atom. The van der Waals surface area contributed by atoms with Crippen LogP contribution in [-0.4, -0.2) is 36.2 Å². The number of benzene rings is 2. The van der Waals surface area contributed by atoms with Crippen LogP contribution in [0.3, 0.4) is 0 Å². The summed E-state index contributed by atoms with van der Waals surface area (Å²) in [6.45, 7) is 1.74. The largest absolute Gasteiger partial charge is 0.301 e. The number of halogens is 1. The molecule has 0 spiro atoms. The van der Waals surface area contributed by atoms with Gasteiger partial charge >= 0.3 is 0 Å². The van der Waals surface area contributed by atoms with Gasteiger partial charge in [-0.15, -0.1) is 16.4 Å². The molecule has 0 saturated heterocycles. The molecule has 2 heterocycles. The van der Waals surface area contributed by atoms with Gasteiger partial charge in [0.1, 0.15) is 0 Å². The number of nitro benzene ring substituents is 1. The molecule has 0 aliphatic heterocycles. The molecule has 2 N–H and O–H groups in total. The molecule has 0 radical (unpaired) electrons. The zero-order chi connectivity index (χ0) is 22.7. The molecule has 0 saturated carbocycles. The van der Waals surface area contributed by atoms with Crippen LogP contribution in [0.15, 0.2) is 59.1 Å². The first-order valence-corrected chi connectivity index (χ1v) is 11.4. The van der Waals surface area contributed by atoms with Crippen LogP contribution in [0.4, 0.5) is 10.8 Å². The number of H-pyrrole nitrogens is 1. The fourth-order valence-electron chi connectivity index (χ4n) is 2.70. The quantitative estimate of drug-likeness (QED) is 0.207. The molecule has 2 aromatic carbocycles. The van der Waals surface area contributed by atoms with Crippen LogP contribution in [0.5, 0.6) is 0 Å². The van der Waals surface area contributed by atoms with E-state index in [1.165, 1.54) is 35.2 Å². The number of nitrogens with zero attached hydrogens (tertiary/aromatic N) is 4. The zero-order valence-corrected chi connectivity index (χ0v) is 18.9. The van der Waals surface area contributed by atoms with Crippen LogP contribution < -0.4 is 5.32 Å². The average molecular weight is 487 g/mol. The van der Waals surface area contributed by atoms with Crippen molar-refractivity contribution in [1.29, 1.82) is 0 Å². The number of aromatic nitrogens is 4. The molecule has 9 nitrogen and oxygen atoms in total. The van der Waals surface area contributed by atoms with Crippen molar-refractivity contribution in [2.45, 2.75) is 17.3 Å². The van der Waals surface area contributed by atoms with E-state index in [9.17, 15) is 14.9 Å². The number of non-ortho nitro benzene ring substituents is 1. The minimum atomic E-state index is -0.478. The lowest BCUT2D eigenvalue weighted by atomic mass is 10.1. The molecule has 162 valence electrons. The minimum Gasteiger partial charge on any atom is -0.301 e. The van der Waals surface area contributed by atoms with Gasteiger partial charge in [-0.25, -0.2) is 9.97 Å². The van der Waals surface area contributed by atoms with E-state index < -0.39 is 10.2 Å². The molecule has 1 amide bonds. The summed E-state index contributed by atoms with van der Waals surface area (Å²) in [6.07, 6.45) is 0. The normalized spacial score (nSPS) is 11.8. The molecule has 1 atom stereocenters. The van der Waals surface area contributed by atoms with Gasteiger partial charge in [-0.3, -0.25) is 20.0 Å². The molecule has 0 fully saturated rings. The number of carbonyl (C=O) groups is 1. The van der Waals surface area contributed by atoms with Crippen molar-refractivity contribution in [2.75, 3.05) is 5.32 Å². The summed E-state index contributed by atoms with van der Waals surface area (Å²) in [4.78, 5) is 31.9. The summed E-state index contributed by atoms with van der Waals surface area (Å²) in [7, 11) is 0. The molecule has 4 rings (SSSR count). The van der Waals surface area contributed by atoms with Gasteiger partial charge in [0.15, 0.2) is 11.0 Å². The van der Waals surface area contributed by atoms with Crippen molar-refractivity contribution in [3.63, 3.8) is 0 Å². The molecule has 4 aromatic rings. The maximum absolute atomic E-state index is 12.6. The van der Waals surface area contributed by atoms with Crippen LogP contribution in [-0.2, 0) is 4.79 Å². The SMILES string of the molecule is CC(Sc1n[nH]c(-c2ccc(Cl)cc2)n1)C(=O)Nc1nc(-c2cccc([N+](=O)[O-])c2)cs1. The minimum absolute atomic E-state index is 0.0180. The summed E-state index contributed by atoms with van der Waals surface area (Å²) < 4.78 is 0. The van der Waals surface area contributed by atoms with Crippen molar-refractivity contribution >= 4 is 51.4 Å². The van der Waals surface area contributed by atoms with Gasteiger partial charge in [-0.1, -0.05) is 35.5 Å². The molecule has 0 aliphatic rings. The Kier molecular flexibility index (Phi) is 6.49. The molecule has 0 aliphatic carbocycles. The Morgan fingerprint density at radius 1 is 1.22 bits per heavy atom. The highest BCUT2D eigenvalue weighted by Crippen LogP contribution is 2.29. The number of nitro groups is 1. The predicted molar refractivity (Wildman–Crippen MR) is 125 cm³/mol. The highest BCUT2D eigenvalue weighted by Gasteiger charge is 2.19. The van der Waals surface area contributed by atoms with Crippen LogP contribution in [0.1, 0.15) is 6.92 Å². The first-order chi connectivity index (χ1) is 15.4. The second-order valence-corrected chi connectivity index (χ2v) is 9.17. The Morgan fingerprint density at radius 3 is 2.75 bits per heavy atom. The number of thiazole rings is 1. The van der Waals surface area contributed by atoms with Gasteiger partial charge in [0, 0.05) is 33.7 Å². The second-order valence-electron chi connectivity index (χ2n) is 6.57. The van der Waals surface area contributed by atoms with E-state index in [2.05, 4.69) is 25.5 Å². The molecule has 2 aromatic heterocycles. The van der Waals surface area contributed by atoms with E-state index in [-0.39, 0.29) is 11.6 Å². The number of thioether (sulfide) groups is 1. The maximum atomic E-state index is 12.6. The van der Waals surface area contributed by atoms with Gasteiger partial charge in [0.05, 0.1) is 15.9 Å². The van der Waals surface area contributed by atoms with Crippen LogP contribution in [0, 0.1) is 10.1 Å². The van der Waals surface area contributed by atoms with Crippen molar-refractivity contribution in [3.05, 3.63) is 69.0 Å². The van der Waals surface area contributed by atoms with Crippen LogP contribution in [0.25, 0.3) is 22.6 Å². The van der Waals surface area contributed by atoms with Crippen molar-refractivity contribution in [1.82, 2.24) is 20.2 Å². The first kappa shape index (κ1) is 21.9. The number of rotatable bonds is 7. The molecule has 1 unspecified atom stereocenters. The number of hydrogen-bond donors (Lipinski definition) is 2. The maximum Gasteiger partial charge on any atom is 0.270 e. The Labute approximate surface area is 195 Å². The highest BCUT2D eigenvalue weighted by molar-refractivity contribution is 8.00. The highest BCUT2D eigenvalue weighted by atomic mass is 35.5.